The maximum atomic E-state index is 14.1. The van der Waals surface area contributed by atoms with E-state index in [1.807, 2.05) is 26.0 Å². The highest BCUT2D eigenvalue weighted by atomic mass is 19.2. The van der Waals surface area contributed by atoms with Gasteiger partial charge in [0.1, 0.15) is 0 Å². The predicted octanol–water partition coefficient (Wildman–Crippen LogP) is 7.65. The summed E-state index contributed by atoms with van der Waals surface area (Å²) in [6.45, 7) is 7.92. The Kier molecular flexibility index (Phi) is 7.16. The molecule has 0 N–H and O–H groups in total. The summed E-state index contributed by atoms with van der Waals surface area (Å²) in [6, 6.07) is 11.3. The molecule has 0 bridgehead atoms. The molecule has 0 saturated heterocycles. The fraction of sp³-hybridized carbons (Fsp3) is 0.478. The van der Waals surface area contributed by atoms with E-state index in [0.29, 0.717) is 17.0 Å². The van der Waals surface area contributed by atoms with Crippen LogP contribution >= 0.6 is 0 Å². The molecule has 0 nitrogen and oxygen atoms in total. The van der Waals surface area contributed by atoms with E-state index in [-0.39, 0.29) is 0 Å². The van der Waals surface area contributed by atoms with Crippen LogP contribution in [0.4, 0.5) is 8.78 Å². The molecule has 1 saturated carbocycles. The van der Waals surface area contributed by atoms with E-state index < -0.39 is 11.6 Å². The fourth-order valence-electron chi connectivity index (χ4n) is 3.62. The highest BCUT2D eigenvalue weighted by molar-refractivity contribution is 5.65. The minimum atomic E-state index is -0.749. The maximum absolute atomic E-state index is 14.1. The molecule has 0 aromatic heterocycles. The highest BCUT2D eigenvalue weighted by Gasteiger charge is 2.18. The van der Waals surface area contributed by atoms with Crippen molar-refractivity contribution < 1.29 is 8.78 Å². The summed E-state index contributed by atoms with van der Waals surface area (Å²) in [5, 5.41) is 0. The van der Waals surface area contributed by atoms with Crippen LogP contribution in [0.3, 0.4) is 0 Å². The van der Waals surface area contributed by atoms with E-state index in [4.69, 9.17) is 0 Å². The van der Waals surface area contributed by atoms with Crippen LogP contribution in [0.5, 0.6) is 0 Å². The van der Waals surface area contributed by atoms with E-state index in [1.54, 1.807) is 19.1 Å². The Morgan fingerprint density at radius 2 is 1.48 bits per heavy atom. The van der Waals surface area contributed by atoms with Gasteiger partial charge >= 0.3 is 0 Å². The second-order valence-electron chi connectivity index (χ2n) is 6.99. The van der Waals surface area contributed by atoms with Crippen molar-refractivity contribution >= 4 is 0 Å². The molecule has 1 fully saturated rings. The van der Waals surface area contributed by atoms with Crippen molar-refractivity contribution in [1.82, 2.24) is 0 Å². The molecule has 136 valence electrons. The summed E-state index contributed by atoms with van der Waals surface area (Å²) in [5.74, 6) is -0.0668. The van der Waals surface area contributed by atoms with E-state index in [1.165, 1.54) is 37.7 Å². The van der Waals surface area contributed by atoms with Gasteiger partial charge in [-0.2, -0.15) is 0 Å². The Hall–Kier alpha value is -1.70. The van der Waals surface area contributed by atoms with Crippen molar-refractivity contribution in [3.63, 3.8) is 0 Å². The first kappa shape index (κ1) is 19.6. The molecule has 2 aromatic rings. The lowest BCUT2D eigenvalue weighted by Crippen LogP contribution is -1.98. The topological polar surface area (TPSA) is 0 Å². The van der Waals surface area contributed by atoms with E-state index in [0.717, 1.165) is 11.5 Å². The Balaban J connectivity index is 0.00000109. The quantitative estimate of drug-likeness (QED) is 0.491. The van der Waals surface area contributed by atoms with Crippen LogP contribution in [-0.2, 0) is 0 Å². The first-order valence-electron chi connectivity index (χ1n) is 9.61. The van der Waals surface area contributed by atoms with Gasteiger partial charge in [-0.25, -0.2) is 8.78 Å². The Bertz CT molecular complexity index is 673. The monoisotopic (exact) mass is 344 g/mol. The normalized spacial score (nSPS) is 20.4. The SMILES string of the molecule is CC.Cc1ccc(-c2ccc(C3CCCC(C)CC3)cc2)c(F)c1F. The smallest absolute Gasteiger partial charge is 0.166 e. The van der Waals surface area contributed by atoms with Gasteiger partial charge in [-0.15, -0.1) is 0 Å². The molecule has 2 atom stereocenters. The van der Waals surface area contributed by atoms with Crippen LogP contribution in [-0.4, -0.2) is 0 Å². The summed E-state index contributed by atoms with van der Waals surface area (Å²) in [7, 11) is 0. The molecule has 25 heavy (non-hydrogen) atoms. The van der Waals surface area contributed by atoms with Gasteiger partial charge in [-0.1, -0.05) is 76.4 Å². The van der Waals surface area contributed by atoms with Crippen LogP contribution < -0.4 is 0 Å². The second kappa shape index (κ2) is 9.12. The van der Waals surface area contributed by atoms with Gasteiger partial charge in [0, 0.05) is 5.56 Å². The lowest BCUT2D eigenvalue weighted by atomic mass is 9.90. The van der Waals surface area contributed by atoms with E-state index in [2.05, 4.69) is 19.1 Å². The summed E-state index contributed by atoms with van der Waals surface area (Å²) < 4.78 is 27.9. The molecular weight excluding hydrogens is 314 g/mol. The van der Waals surface area contributed by atoms with Crippen LogP contribution in [0.1, 0.15) is 69.9 Å². The van der Waals surface area contributed by atoms with Crippen molar-refractivity contribution in [2.45, 2.75) is 65.7 Å². The fourth-order valence-corrected chi connectivity index (χ4v) is 3.62. The summed E-state index contributed by atoms with van der Waals surface area (Å²) >= 11 is 0. The van der Waals surface area contributed by atoms with Crippen LogP contribution in [0.15, 0.2) is 36.4 Å². The summed E-state index contributed by atoms with van der Waals surface area (Å²) in [4.78, 5) is 0. The minimum Gasteiger partial charge on any atom is -0.203 e. The third-order valence-corrected chi connectivity index (χ3v) is 5.23. The molecule has 0 radical (unpaired) electrons. The summed E-state index contributed by atoms with van der Waals surface area (Å²) in [5.41, 5.74) is 2.76. The second-order valence-corrected chi connectivity index (χ2v) is 6.99. The molecule has 2 heteroatoms. The standard InChI is InChI=1S/C21H24F2.C2H6/c1-14-4-3-5-16(8-6-14)17-9-11-18(12-10-17)19-13-7-15(2)20(22)21(19)23;1-2/h7,9-14,16H,3-6,8H2,1-2H3;1-2H3. The number of aryl methyl sites for hydroxylation is 1. The molecule has 2 aromatic carbocycles. The Morgan fingerprint density at radius 3 is 2.16 bits per heavy atom. The van der Waals surface area contributed by atoms with Gasteiger partial charge in [0.25, 0.3) is 0 Å². The Morgan fingerprint density at radius 1 is 0.800 bits per heavy atom. The zero-order valence-corrected chi connectivity index (χ0v) is 15.9. The lowest BCUT2D eigenvalue weighted by molar-refractivity contribution is 0.499. The van der Waals surface area contributed by atoms with Gasteiger partial charge in [0.2, 0.25) is 0 Å². The number of rotatable bonds is 2. The van der Waals surface area contributed by atoms with Gasteiger partial charge in [-0.3, -0.25) is 0 Å². The van der Waals surface area contributed by atoms with E-state index >= 15 is 0 Å². The van der Waals surface area contributed by atoms with Gasteiger partial charge in [0.05, 0.1) is 0 Å². The van der Waals surface area contributed by atoms with Crippen LogP contribution in [0.25, 0.3) is 11.1 Å². The van der Waals surface area contributed by atoms with E-state index in [9.17, 15) is 8.78 Å². The zero-order chi connectivity index (χ0) is 18.4. The highest BCUT2D eigenvalue weighted by Crippen LogP contribution is 2.35. The molecule has 0 aliphatic heterocycles. The number of hydrogen-bond donors (Lipinski definition) is 0. The first-order chi connectivity index (χ1) is 12.1. The van der Waals surface area contributed by atoms with Crippen molar-refractivity contribution in [3.05, 3.63) is 59.2 Å². The molecule has 2 unspecified atom stereocenters. The van der Waals surface area contributed by atoms with Crippen molar-refractivity contribution in [1.29, 1.82) is 0 Å². The molecule has 3 rings (SSSR count). The van der Waals surface area contributed by atoms with Gasteiger partial charge in [0.15, 0.2) is 11.6 Å². The molecular formula is C23H30F2. The lowest BCUT2D eigenvalue weighted by Gasteiger charge is -2.15. The third kappa shape index (κ3) is 4.68. The zero-order valence-electron chi connectivity index (χ0n) is 15.9. The van der Waals surface area contributed by atoms with Crippen molar-refractivity contribution in [2.24, 2.45) is 5.92 Å². The first-order valence-corrected chi connectivity index (χ1v) is 9.61. The average molecular weight is 344 g/mol. The van der Waals surface area contributed by atoms with Crippen LogP contribution in [0.2, 0.25) is 0 Å². The maximum Gasteiger partial charge on any atom is 0.166 e. The van der Waals surface area contributed by atoms with Crippen molar-refractivity contribution in [2.75, 3.05) is 0 Å². The predicted molar refractivity (Wildman–Crippen MR) is 103 cm³/mol. The largest absolute Gasteiger partial charge is 0.203 e. The van der Waals surface area contributed by atoms with Crippen molar-refractivity contribution in [3.8, 4) is 11.1 Å². The molecule has 0 spiro atoms. The number of hydrogen-bond acceptors (Lipinski definition) is 0. The average Bonchev–Trinajstić information content (AvgIpc) is 2.86. The number of halogens is 2. The Labute approximate surface area is 151 Å². The van der Waals surface area contributed by atoms with Crippen LogP contribution in [0, 0.1) is 24.5 Å². The molecule has 0 amide bonds. The van der Waals surface area contributed by atoms with Gasteiger partial charge < -0.3 is 0 Å². The molecule has 1 aliphatic carbocycles. The molecule has 1 aliphatic rings. The van der Waals surface area contributed by atoms with Gasteiger partial charge in [-0.05, 0) is 48.3 Å². The summed E-state index contributed by atoms with van der Waals surface area (Å²) in [6.07, 6.45) is 6.35. The number of benzene rings is 2. The minimum absolute atomic E-state index is 0.342. The third-order valence-electron chi connectivity index (χ3n) is 5.23. The molecule has 0 heterocycles.